The molecule has 0 amide bonds. The van der Waals surface area contributed by atoms with Gasteiger partial charge in [0.2, 0.25) is 0 Å². The summed E-state index contributed by atoms with van der Waals surface area (Å²) in [6.45, 7) is 5.64. The molecule has 0 aromatic heterocycles. The molecule has 19 heavy (non-hydrogen) atoms. The molecule has 0 saturated carbocycles. The Morgan fingerprint density at radius 2 is 1.89 bits per heavy atom. The summed E-state index contributed by atoms with van der Waals surface area (Å²) < 4.78 is 0. The lowest BCUT2D eigenvalue weighted by Crippen LogP contribution is -2.45. The van der Waals surface area contributed by atoms with E-state index in [2.05, 4.69) is 23.8 Å². The van der Waals surface area contributed by atoms with Crippen molar-refractivity contribution in [2.75, 3.05) is 26.7 Å². The van der Waals surface area contributed by atoms with E-state index in [1.54, 1.807) is 0 Å². The summed E-state index contributed by atoms with van der Waals surface area (Å²) in [7, 11) is 2.32. The maximum absolute atomic E-state index is 6.05. The Morgan fingerprint density at radius 3 is 2.63 bits per heavy atom. The van der Waals surface area contributed by atoms with E-state index >= 15 is 0 Å². The third kappa shape index (κ3) is 3.93. The van der Waals surface area contributed by atoms with Crippen LogP contribution in [0.1, 0.15) is 58.3 Å². The SMILES string of the molecule is CCCCCCC(CN)N1CCC2CCC(C1)N2C. The molecular weight excluding hydrogens is 234 g/mol. The second kappa shape index (κ2) is 7.61. The fraction of sp³-hybridized carbons (Fsp3) is 1.00. The van der Waals surface area contributed by atoms with Gasteiger partial charge in [0.15, 0.2) is 0 Å². The van der Waals surface area contributed by atoms with Crippen LogP contribution in [0.3, 0.4) is 0 Å². The minimum Gasteiger partial charge on any atom is -0.329 e. The number of hydrogen-bond donors (Lipinski definition) is 1. The lowest BCUT2D eigenvalue weighted by atomic mass is 10.0. The second-order valence-corrected chi connectivity index (χ2v) is 6.57. The van der Waals surface area contributed by atoms with Crippen molar-refractivity contribution in [2.24, 2.45) is 5.73 Å². The Hall–Kier alpha value is -0.120. The van der Waals surface area contributed by atoms with E-state index in [1.165, 1.54) is 64.5 Å². The molecular formula is C16H33N3. The summed E-state index contributed by atoms with van der Waals surface area (Å²) >= 11 is 0. The van der Waals surface area contributed by atoms with Crippen molar-refractivity contribution < 1.29 is 0 Å². The molecule has 2 N–H and O–H groups in total. The second-order valence-electron chi connectivity index (χ2n) is 6.57. The first-order chi connectivity index (χ1) is 9.26. The highest BCUT2D eigenvalue weighted by Gasteiger charge is 2.35. The lowest BCUT2D eigenvalue weighted by molar-refractivity contribution is 0.165. The highest BCUT2D eigenvalue weighted by molar-refractivity contribution is 4.92. The minimum atomic E-state index is 0.629. The Kier molecular flexibility index (Phi) is 6.11. The Bertz CT molecular complexity index is 256. The molecule has 112 valence electrons. The van der Waals surface area contributed by atoms with Crippen molar-refractivity contribution in [3.8, 4) is 0 Å². The first-order valence-electron chi connectivity index (χ1n) is 8.42. The fourth-order valence-corrected chi connectivity index (χ4v) is 3.92. The van der Waals surface area contributed by atoms with E-state index in [1.807, 2.05) is 0 Å². The quantitative estimate of drug-likeness (QED) is 0.719. The van der Waals surface area contributed by atoms with Crippen molar-refractivity contribution in [3.05, 3.63) is 0 Å². The first kappa shape index (κ1) is 15.3. The fourth-order valence-electron chi connectivity index (χ4n) is 3.92. The Balaban J connectivity index is 1.81. The number of likely N-dealkylation sites (tertiary alicyclic amines) is 1. The zero-order valence-electron chi connectivity index (χ0n) is 13.0. The number of nitrogens with zero attached hydrogens (tertiary/aromatic N) is 2. The number of fused-ring (bicyclic) bond motifs is 2. The summed E-state index contributed by atoms with van der Waals surface area (Å²) in [5.41, 5.74) is 6.05. The van der Waals surface area contributed by atoms with Crippen molar-refractivity contribution in [2.45, 2.75) is 76.4 Å². The van der Waals surface area contributed by atoms with Crippen LogP contribution in [0.4, 0.5) is 0 Å². The summed E-state index contributed by atoms with van der Waals surface area (Å²) in [5, 5.41) is 0. The van der Waals surface area contributed by atoms with Gasteiger partial charge < -0.3 is 5.73 Å². The normalized spacial score (nSPS) is 30.5. The molecule has 2 rings (SSSR count). The van der Waals surface area contributed by atoms with Gasteiger partial charge in [0.25, 0.3) is 0 Å². The van der Waals surface area contributed by atoms with Gasteiger partial charge in [-0.2, -0.15) is 0 Å². The zero-order chi connectivity index (χ0) is 13.7. The van der Waals surface area contributed by atoms with Crippen LogP contribution in [0, 0.1) is 0 Å². The van der Waals surface area contributed by atoms with E-state index in [-0.39, 0.29) is 0 Å². The van der Waals surface area contributed by atoms with E-state index in [0.717, 1.165) is 18.6 Å². The molecule has 2 heterocycles. The molecule has 2 fully saturated rings. The predicted octanol–water partition coefficient (Wildman–Crippen LogP) is 2.45. The van der Waals surface area contributed by atoms with Gasteiger partial charge in [-0.05, 0) is 32.7 Å². The molecule has 3 heteroatoms. The molecule has 0 spiro atoms. The van der Waals surface area contributed by atoms with E-state index in [0.29, 0.717) is 6.04 Å². The van der Waals surface area contributed by atoms with Gasteiger partial charge in [-0.25, -0.2) is 0 Å². The van der Waals surface area contributed by atoms with Crippen LogP contribution in [0.25, 0.3) is 0 Å². The van der Waals surface area contributed by atoms with Crippen LogP contribution in [-0.2, 0) is 0 Å². The molecule has 2 saturated heterocycles. The summed E-state index contributed by atoms with van der Waals surface area (Å²) in [5.74, 6) is 0. The van der Waals surface area contributed by atoms with Crippen LogP contribution in [0.2, 0.25) is 0 Å². The maximum Gasteiger partial charge on any atom is 0.0223 e. The Labute approximate surface area is 119 Å². The van der Waals surface area contributed by atoms with Gasteiger partial charge >= 0.3 is 0 Å². The third-order valence-corrected chi connectivity index (χ3v) is 5.36. The third-order valence-electron chi connectivity index (χ3n) is 5.36. The molecule has 3 nitrogen and oxygen atoms in total. The molecule has 0 aromatic carbocycles. The smallest absolute Gasteiger partial charge is 0.0223 e. The van der Waals surface area contributed by atoms with Crippen molar-refractivity contribution >= 4 is 0 Å². The molecule has 2 aliphatic rings. The summed E-state index contributed by atoms with van der Waals surface area (Å²) in [4.78, 5) is 5.33. The summed E-state index contributed by atoms with van der Waals surface area (Å²) in [6.07, 6.45) is 10.9. The topological polar surface area (TPSA) is 32.5 Å². The van der Waals surface area contributed by atoms with Crippen molar-refractivity contribution in [3.63, 3.8) is 0 Å². The van der Waals surface area contributed by atoms with E-state index in [4.69, 9.17) is 5.73 Å². The van der Waals surface area contributed by atoms with Crippen LogP contribution >= 0.6 is 0 Å². The maximum atomic E-state index is 6.05. The van der Waals surface area contributed by atoms with Gasteiger partial charge in [0.1, 0.15) is 0 Å². The standard InChI is InChI=1S/C16H33N3/c1-3-4-5-6-7-15(12-17)19-11-10-14-8-9-16(13-19)18(14)2/h14-16H,3-13,17H2,1-2H3. The average molecular weight is 267 g/mol. The number of unbranched alkanes of at least 4 members (excludes halogenated alkanes) is 3. The number of rotatable bonds is 7. The number of hydrogen-bond acceptors (Lipinski definition) is 3. The molecule has 3 atom stereocenters. The molecule has 2 aliphatic heterocycles. The summed E-state index contributed by atoms with van der Waals surface area (Å²) in [6, 6.07) is 2.26. The van der Waals surface area contributed by atoms with Gasteiger partial charge in [-0.15, -0.1) is 0 Å². The highest BCUT2D eigenvalue weighted by Crippen LogP contribution is 2.29. The molecule has 0 aromatic rings. The highest BCUT2D eigenvalue weighted by atomic mass is 15.3. The van der Waals surface area contributed by atoms with Crippen molar-refractivity contribution in [1.82, 2.24) is 9.80 Å². The van der Waals surface area contributed by atoms with Gasteiger partial charge in [-0.3, -0.25) is 9.80 Å². The minimum absolute atomic E-state index is 0.629. The van der Waals surface area contributed by atoms with Crippen LogP contribution in [0.5, 0.6) is 0 Å². The molecule has 3 unspecified atom stereocenters. The van der Waals surface area contributed by atoms with Crippen LogP contribution in [0.15, 0.2) is 0 Å². The van der Waals surface area contributed by atoms with Gasteiger partial charge in [0, 0.05) is 37.8 Å². The number of likely N-dealkylation sites (N-methyl/N-ethyl adjacent to an activating group) is 1. The molecule has 0 radical (unpaired) electrons. The first-order valence-corrected chi connectivity index (χ1v) is 8.42. The van der Waals surface area contributed by atoms with Crippen LogP contribution in [-0.4, -0.2) is 54.6 Å². The van der Waals surface area contributed by atoms with E-state index in [9.17, 15) is 0 Å². The van der Waals surface area contributed by atoms with Crippen molar-refractivity contribution in [1.29, 1.82) is 0 Å². The van der Waals surface area contributed by atoms with Gasteiger partial charge in [-0.1, -0.05) is 32.6 Å². The average Bonchev–Trinajstić information content (AvgIpc) is 2.65. The van der Waals surface area contributed by atoms with Crippen LogP contribution < -0.4 is 5.73 Å². The van der Waals surface area contributed by atoms with E-state index < -0.39 is 0 Å². The number of nitrogens with two attached hydrogens (primary N) is 1. The molecule has 0 aliphatic carbocycles. The lowest BCUT2D eigenvalue weighted by Gasteiger charge is -2.32. The molecule has 2 bridgehead atoms. The monoisotopic (exact) mass is 267 g/mol. The Morgan fingerprint density at radius 1 is 1.11 bits per heavy atom. The largest absolute Gasteiger partial charge is 0.329 e. The zero-order valence-corrected chi connectivity index (χ0v) is 13.0. The predicted molar refractivity (Wildman–Crippen MR) is 82.4 cm³/mol. The van der Waals surface area contributed by atoms with Gasteiger partial charge in [0.05, 0.1) is 0 Å².